The van der Waals surface area contributed by atoms with E-state index in [2.05, 4.69) is 31.2 Å². The third-order valence-electron chi connectivity index (χ3n) is 4.09. The molecule has 0 aromatic heterocycles. The predicted octanol–water partition coefficient (Wildman–Crippen LogP) is 6.82. The fraction of sp³-hybridized carbons (Fsp3) is 0.333. The van der Waals surface area contributed by atoms with Crippen LogP contribution in [0.25, 0.3) is 11.1 Å². The summed E-state index contributed by atoms with van der Waals surface area (Å²) in [7, 11) is 0. The first-order valence-corrected chi connectivity index (χ1v) is 9.57. The van der Waals surface area contributed by atoms with E-state index in [1.54, 1.807) is 0 Å². The van der Waals surface area contributed by atoms with Gasteiger partial charge in [0.25, 0.3) is 0 Å². The molecule has 0 N–H and O–H groups in total. The first-order chi connectivity index (χ1) is 12.8. The Hall–Kier alpha value is -2.48. The molecule has 0 amide bonds. The van der Waals surface area contributed by atoms with Crippen LogP contribution in [0.5, 0.6) is 11.5 Å². The summed E-state index contributed by atoms with van der Waals surface area (Å²) in [6.45, 7) is 5.60. The molecular weight excluding hydrogens is 320 g/mol. The normalized spacial score (nSPS) is 11.3. The van der Waals surface area contributed by atoms with Crippen molar-refractivity contribution >= 4 is 0 Å². The average Bonchev–Trinajstić information content (AvgIpc) is 2.69. The molecule has 0 atom stereocenters. The molecule has 0 aliphatic carbocycles. The van der Waals surface area contributed by atoms with Gasteiger partial charge in [-0.3, -0.25) is 0 Å². The van der Waals surface area contributed by atoms with Crippen LogP contribution in [0.4, 0.5) is 0 Å². The van der Waals surface area contributed by atoms with Gasteiger partial charge in [-0.15, -0.1) is 0 Å². The minimum atomic E-state index is 0.577. The summed E-state index contributed by atoms with van der Waals surface area (Å²) in [5, 5.41) is 0. The lowest BCUT2D eigenvalue weighted by molar-refractivity contribution is 0.305. The van der Waals surface area contributed by atoms with Crippen molar-refractivity contribution in [3.8, 4) is 22.6 Å². The smallest absolute Gasteiger partial charge is 0.119 e. The summed E-state index contributed by atoms with van der Waals surface area (Å²) in [6.07, 6.45) is 12.9. The Kier molecular flexibility index (Phi) is 9.13. The van der Waals surface area contributed by atoms with Crippen LogP contribution in [0.2, 0.25) is 0 Å². The van der Waals surface area contributed by atoms with E-state index in [4.69, 9.17) is 9.47 Å². The summed E-state index contributed by atoms with van der Waals surface area (Å²) in [4.78, 5) is 0. The third kappa shape index (κ3) is 7.18. The van der Waals surface area contributed by atoms with Gasteiger partial charge in [-0.25, -0.2) is 0 Å². The predicted molar refractivity (Wildman–Crippen MR) is 111 cm³/mol. The zero-order chi connectivity index (χ0) is 18.5. The fourth-order valence-electron chi connectivity index (χ4n) is 2.60. The number of rotatable bonds is 11. The van der Waals surface area contributed by atoms with E-state index < -0.39 is 0 Å². The van der Waals surface area contributed by atoms with Crippen molar-refractivity contribution in [2.24, 2.45) is 0 Å². The van der Waals surface area contributed by atoms with Crippen molar-refractivity contribution < 1.29 is 9.47 Å². The maximum absolute atomic E-state index is 5.80. The molecule has 0 saturated carbocycles. The maximum atomic E-state index is 5.80. The SMILES string of the molecule is CC=CC=CCOc1ccc(-c2ccc(OCCCCCC)cc2)cc1. The Labute approximate surface area is 158 Å². The Morgan fingerprint density at radius 2 is 1.35 bits per heavy atom. The topological polar surface area (TPSA) is 18.5 Å². The van der Waals surface area contributed by atoms with Crippen LogP contribution < -0.4 is 9.47 Å². The molecule has 0 fully saturated rings. The van der Waals surface area contributed by atoms with E-state index >= 15 is 0 Å². The van der Waals surface area contributed by atoms with Gasteiger partial charge in [0.15, 0.2) is 0 Å². The molecule has 0 bridgehead atoms. The molecular formula is C24H30O2. The van der Waals surface area contributed by atoms with Crippen molar-refractivity contribution in [1.82, 2.24) is 0 Å². The molecule has 0 spiro atoms. The molecule has 0 aliphatic rings. The van der Waals surface area contributed by atoms with Crippen molar-refractivity contribution in [3.63, 3.8) is 0 Å². The van der Waals surface area contributed by atoms with Crippen LogP contribution in [0, 0.1) is 0 Å². The van der Waals surface area contributed by atoms with E-state index in [1.807, 2.05) is 55.5 Å². The Morgan fingerprint density at radius 3 is 1.92 bits per heavy atom. The van der Waals surface area contributed by atoms with E-state index in [9.17, 15) is 0 Å². The van der Waals surface area contributed by atoms with Gasteiger partial charge < -0.3 is 9.47 Å². The molecule has 0 saturated heterocycles. The summed E-state index contributed by atoms with van der Waals surface area (Å²) < 4.78 is 11.5. The minimum Gasteiger partial charge on any atom is -0.494 e. The summed E-state index contributed by atoms with van der Waals surface area (Å²) >= 11 is 0. The number of ether oxygens (including phenoxy) is 2. The van der Waals surface area contributed by atoms with Crippen molar-refractivity contribution in [3.05, 3.63) is 72.8 Å². The van der Waals surface area contributed by atoms with Gasteiger partial charge in [0.05, 0.1) is 6.61 Å². The highest BCUT2D eigenvalue weighted by atomic mass is 16.5. The molecule has 2 rings (SSSR count). The van der Waals surface area contributed by atoms with Crippen LogP contribution in [-0.2, 0) is 0 Å². The molecule has 138 valence electrons. The first kappa shape index (κ1) is 19.8. The molecule has 2 heteroatoms. The second-order valence-electron chi connectivity index (χ2n) is 6.22. The number of hydrogen-bond donors (Lipinski definition) is 0. The Balaban J connectivity index is 1.82. The van der Waals surface area contributed by atoms with Gasteiger partial charge in [0, 0.05) is 0 Å². The molecule has 0 radical (unpaired) electrons. The van der Waals surface area contributed by atoms with Crippen LogP contribution in [-0.4, -0.2) is 13.2 Å². The van der Waals surface area contributed by atoms with Gasteiger partial charge in [-0.2, -0.15) is 0 Å². The van der Waals surface area contributed by atoms with Gasteiger partial charge in [-0.1, -0.05) is 68.7 Å². The average molecular weight is 351 g/mol. The molecule has 0 aliphatic heterocycles. The van der Waals surface area contributed by atoms with E-state index in [1.165, 1.54) is 30.4 Å². The number of allylic oxidation sites excluding steroid dienone is 3. The number of hydrogen-bond acceptors (Lipinski definition) is 2. The highest BCUT2D eigenvalue weighted by Gasteiger charge is 2.00. The third-order valence-corrected chi connectivity index (χ3v) is 4.09. The standard InChI is InChI=1S/C24H30O2/c1-3-5-7-9-19-25-23-15-11-21(12-16-23)22-13-17-24(18-14-22)26-20-10-8-6-4-2/h3,5,7,9,11-18H,4,6,8,10,19-20H2,1-2H3. The van der Waals surface area contributed by atoms with E-state index in [0.29, 0.717) is 6.61 Å². The van der Waals surface area contributed by atoms with Crippen LogP contribution in [0.1, 0.15) is 39.5 Å². The monoisotopic (exact) mass is 350 g/mol. The minimum absolute atomic E-state index is 0.577. The van der Waals surface area contributed by atoms with E-state index in [-0.39, 0.29) is 0 Å². The van der Waals surface area contributed by atoms with Crippen molar-refractivity contribution in [1.29, 1.82) is 0 Å². The van der Waals surface area contributed by atoms with Crippen LogP contribution in [0.15, 0.2) is 72.8 Å². The lowest BCUT2D eigenvalue weighted by Crippen LogP contribution is -1.97. The maximum Gasteiger partial charge on any atom is 0.119 e. The van der Waals surface area contributed by atoms with Crippen LogP contribution >= 0.6 is 0 Å². The molecule has 2 aromatic carbocycles. The highest BCUT2D eigenvalue weighted by molar-refractivity contribution is 5.64. The summed E-state index contributed by atoms with van der Waals surface area (Å²) in [5.41, 5.74) is 2.36. The molecule has 2 nitrogen and oxygen atoms in total. The summed E-state index contributed by atoms with van der Waals surface area (Å²) in [5.74, 6) is 1.82. The molecule has 2 aromatic rings. The van der Waals surface area contributed by atoms with Crippen molar-refractivity contribution in [2.45, 2.75) is 39.5 Å². The first-order valence-electron chi connectivity index (χ1n) is 9.57. The van der Waals surface area contributed by atoms with Gasteiger partial charge in [0.2, 0.25) is 0 Å². The van der Waals surface area contributed by atoms with Gasteiger partial charge in [-0.05, 0) is 54.8 Å². The Bertz CT molecular complexity index is 666. The Morgan fingerprint density at radius 1 is 0.731 bits per heavy atom. The van der Waals surface area contributed by atoms with E-state index in [0.717, 1.165) is 24.5 Å². The summed E-state index contributed by atoms with van der Waals surface area (Å²) in [6, 6.07) is 16.5. The lowest BCUT2D eigenvalue weighted by atomic mass is 10.1. The second kappa shape index (κ2) is 12.0. The largest absolute Gasteiger partial charge is 0.494 e. The number of benzene rings is 2. The molecule has 26 heavy (non-hydrogen) atoms. The zero-order valence-corrected chi connectivity index (χ0v) is 16.0. The van der Waals surface area contributed by atoms with Crippen molar-refractivity contribution in [2.75, 3.05) is 13.2 Å². The molecule has 0 unspecified atom stereocenters. The quantitative estimate of drug-likeness (QED) is 0.327. The lowest BCUT2D eigenvalue weighted by Gasteiger charge is -2.08. The fourth-order valence-corrected chi connectivity index (χ4v) is 2.60. The number of unbranched alkanes of at least 4 members (excludes halogenated alkanes) is 3. The zero-order valence-electron chi connectivity index (χ0n) is 16.0. The van der Waals surface area contributed by atoms with Gasteiger partial charge in [0.1, 0.15) is 18.1 Å². The van der Waals surface area contributed by atoms with Crippen LogP contribution in [0.3, 0.4) is 0 Å². The molecule has 0 heterocycles. The highest BCUT2D eigenvalue weighted by Crippen LogP contribution is 2.24. The second-order valence-corrected chi connectivity index (χ2v) is 6.22. The van der Waals surface area contributed by atoms with Gasteiger partial charge >= 0.3 is 0 Å².